The Morgan fingerprint density at radius 3 is 0.630 bits per heavy atom. The molecule has 0 saturated heterocycles. The standard InChI is InChI=1S/2C2H6N4O2.3Cu.2NO3/c2*3-5-1(7)2(8)6-4;;;;2*2-1(3)4/h2*(H6,3,4,5,6,7,8);;;;;/q;;3*+2;2*-1/p-4. The van der Waals surface area contributed by atoms with E-state index in [0.29, 0.717) is 0 Å². The fourth-order valence-corrected chi connectivity index (χ4v) is 0.227. The zero-order valence-electron chi connectivity index (χ0n) is 11.9. The van der Waals surface area contributed by atoms with Crippen molar-refractivity contribution in [3.8, 4) is 0 Å². The second-order valence-corrected chi connectivity index (χ2v) is 2.26. The maximum atomic E-state index is 9.91. The summed E-state index contributed by atoms with van der Waals surface area (Å²) in [7, 11) is 0. The summed E-state index contributed by atoms with van der Waals surface area (Å²) < 4.78 is 0. The van der Waals surface area contributed by atoms with Gasteiger partial charge in [-0.25, -0.2) is 0 Å². The van der Waals surface area contributed by atoms with Crippen LogP contribution in [0.5, 0.6) is 0 Å². The Kier molecular flexibility index (Phi) is 51.6. The number of amides is 4. The molecule has 0 aromatic rings. The summed E-state index contributed by atoms with van der Waals surface area (Å²) in [6.45, 7) is 0. The van der Waals surface area contributed by atoms with Crippen molar-refractivity contribution in [1.82, 2.24) is 21.7 Å². The Morgan fingerprint density at radius 2 is 0.593 bits per heavy atom. The van der Waals surface area contributed by atoms with Gasteiger partial charge < -0.3 is 75.7 Å². The zero-order chi connectivity index (χ0) is 20.3. The van der Waals surface area contributed by atoms with Gasteiger partial charge in [0.05, 0.1) is 10.2 Å². The van der Waals surface area contributed by atoms with Gasteiger partial charge in [-0.3, -0.25) is 19.2 Å². The first-order valence-electron chi connectivity index (χ1n) is 4.41. The van der Waals surface area contributed by atoms with E-state index < -0.39 is 33.8 Å². The second kappa shape index (κ2) is 31.4. The molecule has 0 aromatic heterocycles. The van der Waals surface area contributed by atoms with Gasteiger partial charge in [0.25, 0.3) is 23.6 Å². The van der Waals surface area contributed by atoms with Crippen LogP contribution in [0.4, 0.5) is 0 Å². The van der Waals surface area contributed by atoms with Crippen molar-refractivity contribution in [3.63, 3.8) is 0 Å². The van der Waals surface area contributed by atoms with Gasteiger partial charge in [-0.1, -0.05) is 0 Å². The van der Waals surface area contributed by atoms with Crippen molar-refractivity contribution in [1.29, 1.82) is 0 Å². The molecular formula is C4H8Cu3N10O10. The summed E-state index contributed by atoms with van der Waals surface area (Å²) >= 11 is 0. The van der Waals surface area contributed by atoms with Gasteiger partial charge >= 0.3 is 51.2 Å². The van der Waals surface area contributed by atoms with Gasteiger partial charge in [-0.05, 0) is 0 Å². The van der Waals surface area contributed by atoms with E-state index in [-0.39, 0.29) is 51.2 Å². The fraction of sp³-hybridized carbons (Fsp3) is 0. The van der Waals surface area contributed by atoms with E-state index in [1.165, 1.54) is 21.7 Å². The molecule has 0 fully saturated rings. The zero-order valence-corrected chi connectivity index (χ0v) is 14.7. The average Bonchev–Trinajstić information content (AvgIpc) is 2.51. The summed E-state index contributed by atoms with van der Waals surface area (Å²) in [5.41, 5.74) is 5.18. The number of nitrogens with one attached hydrogen (secondary N) is 8. The molecule has 0 aromatic carbocycles. The monoisotopic (exact) mass is 545 g/mol. The summed E-state index contributed by atoms with van der Waals surface area (Å²) in [4.78, 5) is 56.1. The number of rotatable bonds is 0. The molecule has 0 aliphatic carbocycles. The molecule has 0 atom stereocenters. The third-order valence-electron chi connectivity index (χ3n) is 0.867. The minimum Gasteiger partial charge on any atom is -0.583 e. The molecule has 20 nitrogen and oxygen atoms in total. The van der Waals surface area contributed by atoms with Crippen LogP contribution in [-0.4, -0.2) is 33.8 Å². The van der Waals surface area contributed by atoms with Crippen LogP contribution in [0, 0.1) is 30.6 Å². The SMILES string of the molecule is O=[N+]([O-])[O-].O=[N+]([O-])[O-].[Cu+2].[Cu+2].[Cu+2].[NH-]NC(=O)C(=O)N[NH-].[NH-]NC(=O)C(=O)N[NH-]. The van der Waals surface area contributed by atoms with Gasteiger partial charge in [0.1, 0.15) is 0 Å². The van der Waals surface area contributed by atoms with E-state index in [4.69, 9.17) is 54.0 Å². The number of hydrogen-bond acceptors (Lipinski definition) is 10. The van der Waals surface area contributed by atoms with Crippen LogP contribution in [0.3, 0.4) is 0 Å². The Bertz CT molecular complexity index is 375. The quantitative estimate of drug-likeness (QED) is 0.110. The molecule has 4 amide bonds. The minimum absolute atomic E-state index is 0. The predicted molar refractivity (Wildman–Crippen MR) is 70.6 cm³/mol. The van der Waals surface area contributed by atoms with Crippen LogP contribution in [0.1, 0.15) is 0 Å². The fourth-order valence-electron chi connectivity index (χ4n) is 0.227. The van der Waals surface area contributed by atoms with Gasteiger partial charge in [-0.2, -0.15) is 0 Å². The molecule has 0 heterocycles. The Labute approximate surface area is 180 Å². The average molecular weight is 547 g/mol. The normalized spacial score (nSPS) is 6.37. The van der Waals surface area contributed by atoms with Crippen molar-refractivity contribution >= 4 is 23.6 Å². The van der Waals surface area contributed by atoms with E-state index in [2.05, 4.69) is 0 Å². The first-order valence-corrected chi connectivity index (χ1v) is 4.41. The number of hydrogen-bond donors (Lipinski definition) is 4. The maximum Gasteiger partial charge on any atom is 2.00 e. The van der Waals surface area contributed by atoms with E-state index in [1.807, 2.05) is 0 Å². The van der Waals surface area contributed by atoms with Gasteiger partial charge in [0.15, 0.2) is 0 Å². The Morgan fingerprint density at radius 1 is 0.519 bits per heavy atom. The predicted octanol–water partition coefficient (Wildman–Crippen LogP) is -2.18. The van der Waals surface area contributed by atoms with Crippen LogP contribution >= 0.6 is 0 Å². The molecule has 23 heteroatoms. The van der Waals surface area contributed by atoms with Crippen LogP contribution in [0.2, 0.25) is 0 Å². The Hall–Kier alpha value is -2.32. The van der Waals surface area contributed by atoms with Crippen molar-refractivity contribution < 1.29 is 80.6 Å². The molecule has 0 aliphatic heterocycles. The van der Waals surface area contributed by atoms with Gasteiger partial charge in [0, 0.05) is 0 Å². The molecule has 27 heavy (non-hydrogen) atoms. The largest absolute Gasteiger partial charge is 2.00 e. The van der Waals surface area contributed by atoms with Gasteiger partial charge in [-0.15, -0.1) is 0 Å². The summed E-state index contributed by atoms with van der Waals surface area (Å²) in [6.07, 6.45) is 0. The van der Waals surface area contributed by atoms with Crippen molar-refractivity contribution in [3.05, 3.63) is 54.0 Å². The van der Waals surface area contributed by atoms with E-state index in [0.717, 1.165) is 0 Å². The first-order chi connectivity index (χ1) is 10.9. The first kappa shape index (κ1) is 44.3. The smallest absolute Gasteiger partial charge is 0.583 e. The van der Waals surface area contributed by atoms with Crippen molar-refractivity contribution in [2.45, 2.75) is 0 Å². The summed E-state index contributed by atoms with van der Waals surface area (Å²) in [6, 6.07) is 0. The van der Waals surface area contributed by atoms with Crippen LogP contribution in [-0.2, 0) is 70.4 Å². The second-order valence-electron chi connectivity index (χ2n) is 2.26. The third kappa shape index (κ3) is 59.5. The number of carbonyl (C=O) groups is 4. The summed E-state index contributed by atoms with van der Waals surface area (Å²) in [5.74, 6) is 19.8. The topological polar surface area (TPSA) is 344 Å². The molecule has 3 radical (unpaired) electrons. The summed E-state index contributed by atoms with van der Waals surface area (Å²) in [5, 5.41) is 29.5. The third-order valence-corrected chi connectivity index (χ3v) is 0.867. The molecule has 0 rings (SSSR count). The molecule has 8 N–H and O–H groups in total. The number of carbonyl (C=O) groups excluding carboxylic acids is 4. The van der Waals surface area contributed by atoms with E-state index >= 15 is 0 Å². The van der Waals surface area contributed by atoms with Crippen LogP contribution < -0.4 is 21.7 Å². The number of nitrogens with zero attached hydrogens (tertiary/aromatic N) is 2. The van der Waals surface area contributed by atoms with Gasteiger partial charge in [0.2, 0.25) is 0 Å². The molecule has 0 unspecified atom stereocenters. The maximum absolute atomic E-state index is 9.91. The Balaban J connectivity index is -0.0000000399. The minimum atomic E-state index is -1.75. The molecule has 0 bridgehead atoms. The van der Waals surface area contributed by atoms with Crippen LogP contribution in [0.25, 0.3) is 23.4 Å². The molecular weight excluding hydrogens is 539 g/mol. The van der Waals surface area contributed by atoms with E-state index in [1.54, 1.807) is 0 Å². The van der Waals surface area contributed by atoms with Crippen molar-refractivity contribution in [2.75, 3.05) is 0 Å². The van der Waals surface area contributed by atoms with Crippen molar-refractivity contribution in [2.24, 2.45) is 0 Å². The molecule has 0 spiro atoms. The molecule has 167 valence electrons. The van der Waals surface area contributed by atoms with Crippen LogP contribution in [0.15, 0.2) is 0 Å². The van der Waals surface area contributed by atoms with E-state index in [9.17, 15) is 19.2 Å². The molecule has 0 saturated carbocycles. The molecule has 0 aliphatic rings.